The van der Waals surface area contributed by atoms with Gasteiger partial charge in [-0.05, 0) is 24.8 Å². The van der Waals surface area contributed by atoms with Crippen molar-refractivity contribution >= 4 is 6.09 Å². The first-order valence-electron chi connectivity index (χ1n) is 8.86. The number of carbonyl (C=O) groups is 1. The van der Waals surface area contributed by atoms with E-state index in [4.69, 9.17) is 4.74 Å². The molecule has 1 aromatic heterocycles. The Bertz CT molecular complexity index is 693. The SMILES string of the molecule is CCc1nn(C)cc1CNC1CC(NC(=O)OCc2ccccc2)C1. The van der Waals surface area contributed by atoms with Gasteiger partial charge in [0.2, 0.25) is 0 Å². The summed E-state index contributed by atoms with van der Waals surface area (Å²) in [5, 5.41) is 10.9. The Morgan fingerprint density at radius 3 is 2.76 bits per heavy atom. The van der Waals surface area contributed by atoms with E-state index < -0.39 is 0 Å². The number of alkyl carbamates (subject to hydrolysis) is 1. The molecule has 1 aliphatic rings. The second-order valence-corrected chi connectivity index (χ2v) is 6.58. The minimum Gasteiger partial charge on any atom is -0.445 e. The Morgan fingerprint density at radius 2 is 2.04 bits per heavy atom. The van der Waals surface area contributed by atoms with Crippen LogP contribution in [0.25, 0.3) is 0 Å². The fraction of sp³-hybridized carbons (Fsp3) is 0.474. The van der Waals surface area contributed by atoms with Gasteiger partial charge in [0.25, 0.3) is 0 Å². The Balaban J connectivity index is 1.33. The van der Waals surface area contributed by atoms with Crippen LogP contribution in [-0.2, 0) is 31.4 Å². The number of benzene rings is 1. The van der Waals surface area contributed by atoms with E-state index in [1.807, 2.05) is 42.1 Å². The normalized spacial score (nSPS) is 19.3. The number of rotatable bonds is 7. The van der Waals surface area contributed by atoms with Gasteiger partial charge in [-0.15, -0.1) is 0 Å². The Hall–Kier alpha value is -2.34. The van der Waals surface area contributed by atoms with Crippen LogP contribution >= 0.6 is 0 Å². The van der Waals surface area contributed by atoms with E-state index in [0.29, 0.717) is 12.6 Å². The maximum absolute atomic E-state index is 11.8. The van der Waals surface area contributed by atoms with Gasteiger partial charge in [-0.3, -0.25) is 4.68 Å². The summed E-state index contributed by atoms with van der Waals surface area (Å²) in [5.41, 5.74) is 3.39. The molecule has 6 nitrogen and oxygen atoms in total. The molecule has 2 aromatic rings. The summed E-state index contributed by atoms with van der Waals surface area (Å²) in [6, 6.07) is 10.3. The van der Waals surface area contributed by atoms with Gasteiger partial charge in [0, 0.05) is 37.4 Å². The Kier molecular flexibility index (Phi) is 5.71. The van der Waals surface area contributed by atoms with Crippen LogP contribution in [0.2, 0.25) is 0 Å². The lowest BCUT2D eigenvalue weighted by Gasteiger charge is -2.36. The largest absolute Gasteiger partial charge is 0.445 e. The minimum absolute atomic E-state index is 0.195. The number of carbonyl (C=O) groups excluding carboxylic acids is 1. The molecule has 1 aromatic carbocycles. The number of nitrogens with one attached hydrogen (secondary N) is 2. The smallest absolute Gasteiger partial charge is 0.407 e. The topological polar surface area (TPSA) is 68.2 Å². The molecular formula is C19H26N4O2. The van der Waals surface area contributed by atoms with Crippen molar-refractivity contribution in [2.75, 3.05) is 0 Å². The molecule has 1 aliphatic carbocycles. The van der Waals surface area contributed by atoms with Gasteiger partial charge in [-0.1, -0.05) is 37.3 Å². The van der Waals surface area contributed by atoms with Crippen molar-refractivity contribution in [1.82, 2.24) is 20.4 Å². The first-order valence-corrected chi connectivity index (χ1v) is 8.86. The molecule has 1 fully saturated rings. The lowest BCUT2D eigenvalue weighted by atomic mass is 9.87. The van der Waals surface area contributed by atoms with Crippen LogP contribution in [0.4, 0.5) is 4.79 Å². The Morgan fingerprint density at radius 1 is 1.28 bits per heavy atom. The van der Waals surface area contributed by atoms with Crippen LogP contribution < -0.4 is 10.6 Å². The van der Waals surface area contributed by atoms with E-state index in [9.17, 15) is 4.79 Å². The first-order chi connectivity index (χ1) is 12.1. The molecule has 6 heteroatoms. The number of ether oxygens (including phenoxy) is 1. The summed E-state index contributed by atoms with van der Waals surface area (Å²) in [4.78, 5) is 11.8. The second-order valence-electron chi connectivity index (χ2n) is 6.58. The number of amides is 1. The van der Waals surface area contributed by atoms with Crippen molar-refractivity contribution in [3.63, 3.8) is 0 Å². The van der Waals surface area contributed by atoms with Crippen LogP contribution in [0.3, 0.4) is 0 Å². The molecule has 1 amide bonds. The van der Waals surface area contributed by atoms with Crippen LogP contribution in [-0.4, -0.2) is 28.0 Å². The van der Waals surface area contributed by atoms with E-state index in [0.717, 1.165) is 37.1 Å². The molecule has 0 spiro atoms. The highest BCUT2D eigenvalue weighted by atomic mass is 16.5. The average Bonchev–Trinajstić information content (AvgIpc) is 2.95. The van der Waals surface area contributed by atoms with Crippen molar-refractivity contribution in [3.05, 3.63) is 53.3 Å². The first kappa shape index (κ1) is 17.5. The second kappa shape index (κ2) is 8.16. The molecule has 0 aliphatic heterocycles. The third-order valence-corrected chi connectivity index (χ3v) is 4.58. The summed E-state index contributed by atoms with van der Waals surface area (Å²) >= 11 is 0. The lowest BCUT2D eigenvalue weighted by molar-refractivity contribution is 0.125. The summed E-state index contributed by atoms with van der Waals surface area (Å²) < 4.78 is 7.12. The number of nitrogens with zero attached hydrogens (tertiary/aromatic N) is 2. The van der Waals surface area contributed by atoms with Crippen LogP contribution in [0.5, 0.6) is 0 Å². The van der Waals surface area contributed by atoms with Gasteiger partial charge < -0.3 is 15.4 Å². The summed E-state index contributed by atoms with van der Waals surface area (Å²) in [6.07, 6.45) is 4.54. The molecule has 134 valence electrons. The zero-order chi connectivity index (χ0) is 17.6. The van der Waals surface area contributed by atoms with Gasteiger partial charge in [-0.2, -0.15) is 5.10 Å². The van der Waals surface area contributed by atoms with Crippen molar-refractivity contribution < 1.29 is 9.53 Å². The molecule has 0 unspecified atom stereocenters. The highest BCUT2D eigenvalue weighted by Crippen LogP contribution is 2.21. The average molecular weight is 342 g/mol. The highest BCUT2D eigenvalue weighted by molar-refractivity contribution is 5.67. The molecule has 3 rings (SSSR count). The van der Waals surface area contributed by atoms with Gasteiger partial charge in [0.1, 0.15) is 6.61 Å². The molecule has 25 heavy (non-hydrogen) atoms. The van der Waals surface area contributed by atoms with Crippen molar-refractivity contribution in [2.45, 2.75) is 51.4 Å². The number of hydrogen-bond donors (Lipinski definition) is 2. The standard InChI is InChI=1S/C19H26N4O2/c1-3-18-15(12-23(2)22-18)11-20-16-9-17(10-16)21-19(24)25-13-14-7-5-4-6-8-14/h4-8,12,16-17,20H,3,9-11,13H2,1-2H3,(H,21,24). The van der Waals surface area contributed by atoms with Gasteiger partial charge in [0.15, 0.2) is 0 Å². The highest BCUT2D eigenvalue weighted by Gasteiger charge is 2.30. The van der Waals surface area contributed by atoms with E-state index in [1.54, 1.807) is 0 Å². The summed E-state index contributed by atoms with van der Waals surface area (Å²) in [6.45, 7) is 3.25. The van der Waals surface area contributed by atoms with E-state index in [2.05, 4.69) is 28.9 Å². The fourth-order valence-corrected chi connectivity index (χ4v) is 3.12. The van der Waals surface area contributed by atoms with Crippen LogP contribution in [0, 0.1) is 0 Å². The van der Waals surface area contributed by atoms with Crippen LogP contribution in [0.1, 0.15) is 36.6 Å². The van der Waals surface area contributed by atoms with E-state index in [-0.39, 0.29) is 12.1 Å². The van der Waals surface area contributed by atoms with Crippen LogP contribution in [0.15, 0.2) is 36.5 Å². The number of hydrogen-bond acceptors (Lipinski definition) is 4. The van der Waals surface area contributed by atoms with Crippen molar-refractivity contribution in [2.24, 2.45) is 7.05 Å². The molecule has 0 saturated heterocycles. The maximum atomic E-state index is 11.8. The fourth-order valence-electron chi connectivity index (χ4n) is 3.12. The van der Waals surface area contributed by atoms with E-state index >= 15 is 0 Å². The quantitative estimate of drug-likeness (QED) is 0.811. The zero-order valence-corrected chi connectivity index (χ0v) is 14.9. The molecule has 0 atom stereocenters. The molecular weight excluding hydrogens is 316 g/mol. The molecule has 1 saturated carbocycles. The molecule has 0 bridgehead atoms. The minimum atomic E-state index is -0.340. The molecule has 2 N–H and O–H groups in total. The van der Waals surface area contributed by atoms with Gasteiger partial charge in [0.05, 0.1) is 5.69 Å². The van der Waals surface area contributed by atoms with Crippen molar-refractivity contribution in [3.8, 4) is 0 Å². The van der Waals surface area contributed by atoms with Gasteiger partial charge >= 0.3 is 6.09 Å². The third-order valence-electron chi connectivity index (χ3n) is 4.58. The van der Waals surface area contributed by atoms with Crippen molar-refractivity contribution in [1.29, 1.82) is 0 Å². The number of aryl methyl sites for hydroxylation is 2. The number of aromatic nitrogens is 2. The lowest BCUT2D eigenvalue weighted by Crippen LogP contribution is -2.52. The maximum Gasteiger partial charge on any atom is 0.407 e. The predicted octanol–water partition coefficient (Wildman–Crippen LogP) is 2.53. The third kappa shape index (κ3) is 4.82. The monoisotopic (exact) mass is 342 g/mol. The summed E-state index contributed by atoms with van der Waals surface area (Å²) in [7, 11) is 1.95. The molecule has 0 radical (unpaired) electrons. The predicted molar refractivity (Wildman–Crippen MR) is 96.0 cm³/mol. The summed E-state index contributed by atoms with van der Waals surface area (Å²) in [5.74, 6) is 0. The zero-order valence-electron chi connectivity index (χ0n) is 14.9. The van der Waals surface area contributed by atoms with E-state index in [1.165, 1.54) is 5.56 Å². The van der Waals surface area contributed by atoms with Gasteiger partial charge in [-0.25, -0.2) is 4.79 Å². The Labute approximate surface area is 148 Å². The molecule has 1 heterocycles.